The highest BCUT2D eigenvalue weighted by atomic mass is 16.5. The molecule has 1 aliphatic rings. The summed E-state index contributed by atoms with van der Waals surface area (Å²) in [5.74, 6) is 1.75. The summed E-state index contributed by atoms with van der Waals surface area (Å²) in [5.41, 5.74) is 0. The van der Waals surface area contributed by atoms with Gasteiger partial charge < -0.3 is 19.5 Å². The molecule has 0 amide bonds. The molecule has 1 aromatic heterocycles. The maximum Gasteiger partial charge on any atom is 0.202 e. The maximum absolute atomic E-state index is 5.09. The molecule has 2 rings (SSSR count). The average molecular weight is 266 g/mol. The van der Waals surface area contributed by atoms with Crippen LogP contribution in [-0.4, -0.2) is 54.3 Å². The monoisotopic (exact) mass is 266 g/mol. The van der Waals surface area contributed by atoms with E-state index in [1.54, 1.807) is 7.11 Å². The van der Waals surface area contributed by atoms with Crippen LogP contribution in [0.3, 0.4) is 0 Å². The molecule has 1 aromatic rings. The van der Waals surface area contributed by atoms with E-state index in [0.717, 1.165) is 38.0 Å². The Balaban J connectivity index is 1.75. The van der Waals surface area contributed by atoms with Crippen molar-refractivity contribution in [2.24, 2.45) is 5.92 Å². The van der Waals surface area contributed by atoms with Gasteiger partial charge in [0.1, 0.15) is 0 Å². The summed E-state index contributed by atoms with van der Waals surface area (Å²) >= 11 is 0. The zero-order valence-corrected chi connectivity index (χ0v) is 12.1. The Morgan fingerprint density at radius 1 is 1.53 bits per heavy atom. The van der Waals surface area contributed by atoms with Crippen LogP contribution in [0.1, 0.15) is 19.8 Å². The highest BCUT2D eigenvalue weighted by molar-refractivity contribution is 5.25. The van der Waals surface area contributed by atoms with Gasteiger partial charge in [-0.15, -0.1) is 0 Å². The van der Waals surface area contributed by atoms with Crippen LogP contribution >= 0.6 is 0 Å². The fourth-order valence-corrected chi connectivity index (χ4v) is 2.64. The first kappa shape index (κ1) is 14.3. The van der Waals surface area contributed by atoms with E-state index in [-0.39, 0.29) is 0 Å². The van der Waals surface area contributed by atoms with E-state index in [9.17, 15) is 0 Å². The van der Waals surface area contributed by atoms with Gasteiger partial charge in [-0.05, 0) is 31.8 Å². The van der Waals surface area contributed by atoms with Crippen molar-refractivity contribution in [2.45, 2.75) is 26.3 Å². The highest BCUT2D eigenvalue weighted by Crippen LogP contribution is 2.16. The van der Waals surface area contributed by atoms with Crippen LogP contribution in [0, 0.1) is 5.92 Å². The lowest BCUT2D eigenvalue weighted by Crippen LogP contribution is -2.23. The van der Waals surface area contributed by atoms with Crippen molar-refractivity contribution in [1.29, 1.82) is 0 Å². The predicted molar refractivity (Wildman–Crippen MR) is 77.4 cm³/mol. The lowest BCUT2D eigenvalue weighted by Gasteiger charge is -2.15. The van der Waals surface area contributed by atoms with Crippen molar-refractivity contribution in [3.05, 3.63) is 12.4 Å². The maximum atomic E-state index is 5.09. The molecule has 1 fully saturated rings. The Kier molecular flexibility index (Phi) is 5.66. The van der Waals surface area contributed by atoms with Crippen molar-refractivity contribution < 1.29 is 4.74 Å². The molecule has 0 bridgehead atoms. The lowest BCUT2D eigenvalue weighted by molar-refractivity contribution is 0.190. The smallest absolute Gasteiger partial charge is 0.202 e. The molecule has 0 radical (unpaired) electrons. The quantitative estimate of drug-likeness (QED) is 0.727. The zero-order chi connectivity index (χ0) is 13.5. The van der Waals surface area contributed by atoms with Gasteiger partial charge >= 0.3 is 0 Å². The first-order chi connectivity index (χ1) is 9.33. The van der Waals surface area contributed by atoms with Crippen molar-refractivity contribution >= 4 is 5.95 Å². The summed E-state index contributed by atoms with van der Waals surface area (Å²) in [7, 11) is 1.74. The molecule has 1 aliphatic heterocycles. The van der Waals surface area contributed by atoms with Crippen LogP contribution in [0.5, 0.6) is 0 Å². The molecule has 0 saturated carbocycles. The molecule has 19 heavy (non-hydrogen) atoms. The highest BCUT2D eigenvalue weighted by Gasteiger charge is 2.21. The third-order valence-electron chi connectivity index (χ3n) is 3.83. The summed E-state index contributed by atoms with van der Waals surface area (Å²) in [5, 5.41) is 3.49. The Morgan fingerprint density at radius 2 is 2.42 bits per heavy atom. The Labute approximate surface area is 116 Å². The number of hydrogen-bond donors (Lipinski definition) is 1. The first-order valence-corrected chi connectivity index (χ1v) is 7.29. The largest absolute Gasteiger partial charge is 0.385 e. The molecule has 5 heteroatoms. The van der Waals surface area contributed by atoms with Gasteiger partial charge in [-0.1, -0.05) is 6.92 Å². The van der Waals surface area contributed by atoms with Gasteiger partial charge in [0.15, 0.2) is 0 Å². The normalized spacial score (nSPS) is 20.0. The third kappa shape index (κ3) is 4.21. The lowest BCUT2D eigenvalue weighted by atomic mass is 10.1. The number of nitrogens with zero attached hydrogens (tertiary/aromatic N) is 3. The second kappa shape index (κ2) is 7.50. The molecule has 2 heterocycles. The van der Waals surface area contributed by atoms with Crippen LogP contribution in [0.25, 0.3) is 0 Å². The van der Waals surface area contributed by atoms with Gasteiger partial charge in [-0.2, -0.15) is 0 Å². The fraction of sp³-hybridized carbons (Fsp3) is 0.786. The van der Waals surface area contributed by atoms with E-state index < -0.39 is 0 Å². The van der Waals surface area contributed by atoms with Gasteiger partial charge in [-0.3, -0.25) is 0 Å². The number of methoxy groups -OCH3 is 1. The average Bonchev–Trinajstić information content (AvgIpc) is 3.05. The number of ether oxygens (including phenoxy) is 1. The number of imidazole rings is 1. The molecular formula is C14H26N4O. The number of likely N-dealkylation sites (tertiary alicyclic amines) is 1. The summed E-state index contributed by atoms with van der Waals surface area (Å²) < 4.78 is 7.26. The molecule has 1 atom stereocenters. The molecule has 0 spiro atoms. The van der Waals surface area contributed by atoms with Crippen LogP contribution in [-0.2, 0) is 11.3 Å². The van der Waals surface area contributed by atoms with Crippen molar-refractivity contribution in [3.63, 3.8) is 0 Å². The Morgan fingerprint density at radius 3 is 3.16 bits per heavy atom. The molecule has 108 valence electrons. The van der Waals surface area contributed by atoms with Crippen molar-refractivity contribution in [3.8, 4) is 0 Å². The van der Waals surface area contributed by atoms with Crippen LogP contribution < -0.4 is 5.32 Å². The van der Waals surface area contributed by atoms with Gasteiger partial charge in [-0.25, -0.2) is 4.98 Å². The molecule has 5 nitrogen and oxygen atoms in total. The third-order valence-corrected chi connectivity index (χ3v) is 3.83. The van der Waals surface area contributed by atoms with Crippen LogP contribution in [0.2, 0.25) is 0 Å². The van der Waals surface area contributed by atoms with Crippen molar-refractivity contribution in [1.82, 2.24) is 14.5 Å². The van der Waals surface area contributed by atoms with Crippen LogP contribution in [0.15, 0.2) is 12.4 Å². The summed E-state index contributed by atoms with van der Waals surface area (Å²) in [4.78, 5) is 6.90. The van der Waals surface area contributed by atoms with E-state index in [4.69, 9.17) is 4.74 Å². The molecule has 1 saturated heterocycles. The molecular weight excluding hydrogens is 240 g/mol. The number of nitrogens with one attached hydrogen (secondary N) is 1. The summed E-state index contributed by atoms with van der Waals surface area (Å²) in [6.45, 7) is 8.64. The minimum absolute atomic E-state index is 0.754. The molecule has 0 aliphatic carbocycles. The molecule has 1 N–H and O–H groups in total. The molecule has 1 unspecified atom stereocenters. The van der Waals surface area contributed by atoms with Gasteiger partial charge in [0.25, 0.3) is 0 Å². The Hall–Kier alpha value is -1.07. The predicted octanol–water partition coefficient (Wildman–Crippen LogP) is 1.67. The minimum atomic E-state index is 0.754. The number of aryl methyl sites for hydroxylation is 1. The van der Waals surface area contributed by atoms with E-state index in [1.807, 2.05) is 12.4 Å². The van der Waals surface area contributed by atoms with E-state index in [2.05, 4.69) is 26.7 Å². The van der Waals surface area contributed by atoms with E-state index in [0.29, 0.717) is 0 Å². The van der Waals surface area contributed by atoms with Gasteiger partial charge in [0.05, 0.1) is 0 Å². The first-order valence-electron chi connectivity index (χ1n) is 7.29. The summed E-state index contributed by atoms with van der Waals surface area (Å²) in [6, 6.07) is 0. The van der Waals surface area contributed by atoms with Crippen LogP contribution in [0.4, 0.5) is 5.95 Å². The number of anilines is 1. The zero-order valence-electron chi connectivity index (χ0n) is 12.1. The summed E-state index contributed by atoms with van der Waals surface area (Å²) in [6.07, 6.45) is 6.22. The second-order valence-corrected chi connectivity index (χ2v) is 5.22. The Bertz CT molecular complexity index is 366. The minimum Gasteiger partial charge on any atom is -0.385 e. The number of rotatable bonds is 8. The molecule has 0 aromatic carbocycles. The van der Waals surface area contributed by atoms with Gasteiger partial charge in [0, 0.05) is 45.7 Å². The van der Waals surface area contributed by atoms with Crippen molar-refractivity contribution in [2.75, 3.05) is 45.2 Å². The number of aromatic nitrogens is 2. The standard InChI is InChI=1S/C14H26N4O/c1-3-17-8-5-13(12-17)11-16-14-15-6-9-18(14)7-4-10-19-2/h6,9,13H,3-5,7-8,10-12H2,1-2H3,(H,15,16). The number of hydrogen-bond acceptors (Lipinski definition) is 4. The van der Waals surface area contributed by atoms with E-state index in [1.165, 1.54) is 26.1 Å². The van der Waals surface area contributed by atoms with Gasteiger partial charge in [0.2, 0.25) is 5.95 Å². The SMILES string of the molecule is CCN1CCC(CNc2nccn2CCCOC)C1. The second-order valence-electron chi connectivity index (χ2n) is 5.22. The van der Waals surface area contributed by atoms with E-state index >= 15 is 0 Å². The topological polar surface area (TPSA) is 42.3 Å². The fourth-order valence-electron chi connectivity index (χ4n) is 2.64.